The first-order chi connectivity index (χ1) is 8.49. The Bertz CT molecular complexity index is 650. The van der Waals surface area contributed by atoms with Crippen molar-refractivity contribution in [2.24, 2.45) is 0 Å². The number of hydrogen-bond donors (Lipinski definition) is 2. The second-order valence-corrected chi connectivity index (χ2v) is 5.69. The molecule has 1 heterocycles. The van der Waals surface area contributed by atoms with Crippen LogP contribution < -0.4 is 4.72 Å². The molecule has 0 bridgehead atoms. The van der Waals surface area contributed by atoms with Gasteiger partial charge >= 0.3 is 5.97 Å². The highest BCUT2D eigenvalue weighted by Crippen LogP contribution is 2.17. The van der Waals surface area contributed by atoms with E-state index in [0.29, 0.717) is 0 Å². The molecule has 1 aromatic carbocycles. The first-order valence-corrected chi connectivity index (χ1v) is 6.98. The molecule has 0 radical (unpaired) electrons. The Morgan fingerprint density at radius 3 is 2.44 bits per heavy atom. The van der Waals surface area contributed by atoms with E-state index >= 15 is 0 Å². The van der Waals surface area contributed by atoms with Gasteiger partial charge in [-0.05, 0) is 24.3 Å². The lowest BCUT2D eigenvalue weighted by Gasteiger charge is -2.04. The molecule has 0 spiro atoms. The van der Waals surface area contributed by atoms with Crippen molar-refractivity contribution in [1.29, 1.82) is 0 Å². The van der Waals surface area contributed by atoms with Crippen LogP contribution in [-0.2, 0) is 10.0 Å². The third-order valence-corrected chi connectivity index (χ3v) is 4.08. The average molecular weight is 285 g/mol. The van der Waals surface area contributed by atoms with Crippen molar-refractivity contribution in [2.45, 2.75) is 4.90 Å². The van der Waals surface area contributed by atoms with Gasteiger partial charge in [-0.25, -0.2) is 13.2 Å². The van der Waals surface area contributed by atoms with Gasteiger partial charge in [-0.3, -0.25) is 4.72 Å². The molecule has 0 saturated heterocycles. The summed E-state index contributed by atoms with van der Waals surface area (Å²) < 4.78 is 26.0. The number of nitrogens with zero attached hydrogens (tertiary/aromatic N) is 2. The monoisotopic (exact) mass is 285 g/mol. The number of sulfonamides is 1. The van der Waals surface area contributed by atoms with Gasteiger partial charge in [0.2, 0.25) is 5.13 Å². The highest BCUT2D eigenvalue weighted by molar-refractivity contribution is 7.93. The van der Waals surface area contributed by atoms with Crippen LogP contribution in [0.2, 0.25) is 0 Å². The van der Waals surface area contributed by atoms with E-state index in [4.69, 9.17) is 5.11 Å². The molecule has 0 fully saturated rings. The van der Waals surface area contributed by atoms with E-state index in [1.807, 2.05) is 0 Å². The van der Waals surface area contributed by atoms with E-state index in [9.17, 15) is 13.2 Å². The Labute approximate surface area is 106 Å². The third-order valence-electron chi connectivity index (χ3n) is 1.99. The summed E-state index contributed by atoms with van der Waals surface area (Å²) in [7, 11) is -3.76. The Balaban J connectivity index is 2.27. The summed E-state index contributed by atoms with van der Waals surface area (Å²) in [5.74, 6) is -1.11. The molecule has 0 aliphatic carbocycles. The van der Waals surface area contributed by atoms with Gasteiger partial charge < -0.3 is 5.11 Å². The molecule has 9 heteroatoms. The standard InChI is InChI=1S/C9H7N3O4S2/c13-8(14)6-1-3-7(4-2-6)18(15,16)12-9-11-10-5-17-9/h1-5H,(H,11,12)(H,13,14). The highest BCUT2D eigenvalue weighted by Gasteiger charge is 2.16. The number of rotatable bonds is 4. The molecule has 2 rings (SSSR count). The number of carboxylic acid groups (broad SMARTS) is 1. The quantitative estimate of drug-likeness (QED) is 0.868. The van der Waals surface area contributed by atoms with Gasteiger partial charge in [-0.15, -0.1) is 10.2 Å². The zero-order valence-corrected chi connectivity index (χ0v) is 10.4. The molecule has 7 nitrogen and oxygen atoms in total. The minimum atomic E-state index is -3.76. The number of aromatic carboxylic acids is 1. The van der Waals surface area contributed by atoms with Crippen molar-refractivity contribution in [3.05, 3.63) is 35.3 Å². The van der Waals surface area contributed by atoms with E-state index < -0.39 is 16.0 Å². The molecule has 2 aromatic rings. The van der Waals surface area contributed by atoms with Gasteiger partial charge in [-0.1, -0.05) is 11.3 Å². The van der Waals surface area contributed by atoms with E-state index in [-0.39, 0.29) is 15.6 Å². The largest absolute Gasteiger partial charge is 0.478 e. The predicted octanol–water partition coefficient (Wildman–Crippen LogP) is 1.04. The van der Waals surface area contributed by atoms with Crippen molar-refractivity contribution < 1.29 is 18.3 Å². The van der Waals surface area contributed by atoms with E-state index in [0.717, 1.165) is 11.3 Å². The lowest BCUT2D eigenvalue weighted by molar-refractivity contribution is 0.0697. The minimum absolute atomic E-state index is 0.0184. The summed E-state index contributed by atoms with van der Waals surface area (Å²) in [6, 6.07) is 4.87. The van der Waals surface area contributed by atoms with E-state index in [1.54, 1.807) is 0 Å². The first kappa shape index (κ1) is 12.5. The van der Waals surface area contributed by atoms with Crippen LogP contribution in [-0.4, -0.2) is 29.7 Å². The fourth-order valence-electron chi connectivity index (χ4n) is 1.17. The van der Waals surface area contributed by atoms with Crippen molar-refractivity contribution in [3.8, 4) is 0 Å². The van der Waals surface area contributed by atoms with Crippen molar-refractivity contribution in [2.75, 3.05) is 4.72 Å². The van der Waals surface area contributed by atoms with Crippen molar-refractivity contribution >= 4 is 32.5 Å². The normalized spacial score (nSPS) is 11.1. The summed E-state index contributed by atoms with van der Waals surface area (Å²) in [5.41, 5.74) is 1.41. The van der Waals surface area contributed by atoms with Crippen LogP contribution in [0.3, 0.4) is 0 Å². The lowest BCUT2D eigenvalue weighted by Crippen LogP contribution is -2.13. The summed E-state index contributed by atoms with van der Waals surface area (Å²) in [6.07, 6.45) is 0. The van der Waals surface area contributed by atoms with Crippen LogP contribution in [0, 0.1) is 0 Å². The number of carboxylic acids is 1. The Morgan fingerprint density at radius 1 is 1.28 bits per heavy atom. The predicted molar refractivity (Wildman–Crippen MR) is 64.1 cm³/mol. The molecule has 2 N–H and O–H groups in total. The number of aromatic nitrogens is 2. The van der Waals surface area contributed by atoms with Gasteiger partial charge in [0.05, 0.1) is 10.5 Å². The molecule has 0 saturated carbocycles. The maximum absolute atomic E-state index is 11.9. The first-order valence-electron chi connectivity index (χ1n) is 4.61. The number of benzene rings is 1. The molecule has 0 aliphatic heterocycles. The van der Waals surface area contributed by atoms with Crippen LogP contribution in [0.25, 0.3) is 0 Å². The zero-order valence-electron chi connectivity index (χ0n) is 8.77. The van der Waals surface area contributed by atoms with Gasteiger partial charge in [0, 0.05) is 0 Å². The maximum atomic E-state index is 11.9. The summed E-state index contributed by atoms with van der Waals surface area (Å²) in [4.78, 5) is 10.6. The summed E-state index contributed by atoms with van der Waals surface area (Å²) >= 11 is 1.05. The number of nitrogens with one attached hydrogen (secondary N) is 1. The molecule has 0 atom stereocenters. The van der Waals surface area contributed by atoms with E-state index in [2.05, 4.69) is 14.9 Å². The van der Waals surface area contributed by atoms with Crippen LogP contribution in [0.15, 0.2) is 34.7 Å². The van der Waals surface area contributed by atoms with Gasteiger partial charge in [-0.2, -0.15) is 0 Å². The van der Waals surface area contributed by atoms with Gasteiger partial charge in [0.1, 0.15) is 5.51 Å². The van der Waals surface area contributed by atoms with Crippen LogP contribution in [0.4, 0.5) is 5.13 Å². The molecular weight excluding hydrogens is 278 g/mol. The lowest BCUT2D eigenvalue weighted by atomic mass is 10.2. The van der Waals surface area contributed by atoms with Crippen molar-refractivity contribution in [1.82, 2.24) is 10.2 Å². The summed E-state index contributed by atoms with van der Waals surface area (Å²) in [5, 5.41) is 15.9. The second kappa shape index (κ2) is 4.70. The SMILES string of the molecule is O=C(O)c1ccc(S(=O)(=O)Nc2nncs2)cc1. The van der Waals surface area contributed by atoms with Gasteiger partial charge in [0.25, 0.3) is 10.0 Å². The molecule has 94 valence electrons. The van der Waals surface area contributed by atoms with Crippen molar-refractivity contribution in [3.63, 3.8) is 0 Å². The smallest absolute Gasteiger partial charge is 0.335 e. The Hall–Kier alpha value is -2.00. The molecule has 18 heavy (non-hydrogen) atoms. The Kier molecular flexibility index (Phi) is 3.26. The maximum Gasteiger partial charge on any atom is 0.335 e. The summed E-state index contributed by atoms with van der Waals surface area (Å²) in [6.45, 7) is 0. The number of carbonyl (C=O) groups is 1. The second-order valence-electron chi connectivity index (χ2n) is 3.18. The number of hydrogen-bond acceptors (Lipinski definition) is 6. The fraction of sp³-hybridized carbons (Fsp3) is 0. The highest BCUT2D eigenvalue weighted by atomic mass is 32.2. The van der Waals surface area contributed by atoms with Crippen LogP contribution in [0.5, 0.6) is 0 Å². The van der Waals surface area contributed by atoms with E-state index in [1.165, 1.54) is 29.8 Å². The van der Waals surface area contributed by atoms with Crippen LogP contribution >= 0.6 is 11.3 Å². The average Bonchev–Trinajstić information content (AvgIpc) is 2.81. The number of anilines is 1. The van der Waals surface area contributed by atoms with Crippen LogP contribution in [0.1, 0.15) is 10.4 Å². The molecule has 0 unspecified atom stereocenters. The molecule has 0 amide bonds. The topological polar surface area (TPSA) is 109 Å². The Morgan fingerprint density at radius 2 is 1.94 bits per heavy atom. The molecule has 0 aliphatic rings. The zero-order chi connectivity index (χ0) is 13.2. The van der Waals surface area contributed by atoms with Gasteiger partial charge in [0.15, 0.2) is 0 Å². The molecular formula is C9H7N3O4S2. The fourth-order valence-corrected chi connectivity index (χ4v) is 2.86. The molecule has 1 aromatic heterocycles. The third kappa shape index (κ3) is 2.63. The minimum Gasteiger partial charge on any atom is -0.478 e.